The number of nitrogens with one attached hydrogen (secondary N) is 2. The lowest BCUT2D eigenvalue weighted by Crippen LogP contribution is -3.14. The maximum absolute atomic E-state index is 14.0. The normalized spacial score (nSPS) is 13.1. The highest BCUT2D eigenvalue weighted by Crippen LogP contribution is 2.20. The van der Waals surface area contributed by atoms with Crippen LogP contribution in [0, 0.1) is 19.7 Å². The first kappa shape index (κ1) is 22.6. The maximum atomic E-state index is 14.0. The van der Waals surface area contributed by atoms with E-state index in [0.717, 1.165) is 10.5 Å². The van der Waals surface area contributed by atoms with Crippen LogP contribution in [0.15, 0.2) is 18.2 Å². The van der Waals surface area contributed by atoms with Crippen LogP contribution in [0.25, 0.3) is 0 Å². The number of hydrogen-bond acceptors (Lipinski definition) is 4. The number of esters is 1. The molecule has 0 saturated heterocycles. The van der Waals surface area contributed by atoms with Gasteiger partial charge in [-0.3, -0.25) is 4.79 Å². The van der Waals surface area contributed by atoms with Crippen LogP contribution in [0.5, 0.6) is 5.75 Å². The van der Waals surface area contributed by atoms with Crippen LogP contribution in [0.1, 0.15) is 58.4 Å². The molecular formula is C22H30FN2O4+. The summed E-state index contributed by atoms with van der Waals surface area (Å²) in [6.07, 6.45) is 0. The highest BCUT2D eigenvalue weighted by molar-refractivity contribution is 6.03. The Balaban J connectivity index is 2.24. The first-order valence-corrected chi connectivity index (χ1v) is 9.82. The van der Waals surface area contributed by atoms with Gasteiger partial charge in [0.1, 0.15) is 6.54 Å². The number of benzene rings is 1. The fourth-order valence-corrected chi connectivity index (χ4v) is 3.57. The second kappa shape index (κ2) is 9.69. The third-order valence-corrected chi connectivity index (χ3v) is 5.27. The summed E-state index contributed by atoms with van der Waals surface area (Å²) in [5.74, 6) is -0.750. The van der Waals surface area contributed by atoms with Crippen molar-refractivity contribution in [2.45, 2.75) is 47.2 Å². The number of ether oxygens (including phenoxy) is 2. The Morgan fingerprint density at radius 1 is 1.24 bits per heavy atom. The molecule has 0 fully saturated rings. The van der Waals surface area contributed by atoms with Crippen LogP contribution in [0.3, 0.4) is 0 Å². The molecule has 0 aliphatic rings. The van der Waals surface area contributed by atoms with Gasteiger partial charge >= 0.3 is 5.97 Å². The zero-order valence-electron chi connectivity index (χ0n) is 17.9. The van der Waals surface area contributed by atoms with E-state index in [1.165, 1.54) is 13.2 Å². The number of aromatic amines is 1. The molecule has 1 aromatic carbocycles. The van der Waals surface area contributed by atoms with E-state index in [2.05, 4.69) is 4.98 Å². The Labute approximate surface area is 171 Å². The number of rotatable bonds is 9. The number of quaternary nitrogens is 1. The molecule has 1 heterocycles. The molecule has 158 valence electrons. The van der Waals surface area contributed by atoms with Gasteiger partial charge in [0.15, 0.2) is 17.6 Å². The smallest absolute Gasteiger partial charge is 0.340 e. The van der Waals surface area contributed by atoms with Gasteiger partial charge in [-0.25, -0.2) is 9.18 Å². The van der Waals surface area contributed by atoms with Gasteiger partial charge in [-0.05, 0) is 58.4 Å². The third-order valence-electron chi connectivity index (χ3n) is 5.27. The van der Waals surface area contributed by atoms with E-state index < -0.39 is 11.8 Å². The second-order valence-electron chi connectivity index (χ2n) is 7.09. The first-order chi connectivity index (χ1) is 13.7. The molecule has 0 aliphatic heterocycles. The SMILES string of the molecule is CCOC(=O)c1c(C)[nH]c(C(=O)[C@H](C)[NH+](CC)Cc2ccc(OC)c(F)c2)c1C. The van der Waals surface area contributed by atoms with Crippen LogP contribution >= 0.6 is 0 Å². The van der Waals surface area contributed by atoms with Crippen molar-refractivity contribution in [1.29, 1.82) is 0 Å². The largest absolute Gasteiger partial charge is 0.494 e. The van der Waals surface area contributed by atoms with Crippen molar-refractivity contribution in [3.05, 3.63) is 52.1 Å². The number of methoxy groups -OCH3 is 1. The van der Waals surface area contributed by atoms with Crippen molar-refractivity contribution < 1.29 is 28.4 Å². The fraction of sp³-hybridized carbons (Fsp3) is 0.455. The standard InChI is InChI=1S/C22H29FN2O4/c1-7-25(12-16-9-10-18(28-6)17(23)11-16)15(5)21(26)20-13(3)19(14(4)24-20)22(27)29-8-2/h9-11,15,24H,7-8,12H2,1-6H3/p+1/t15-/m0/s1. The Hall–Kier alpha value is -2.67. The summed E-state index contributed by atoms with van der Waals surface area (Å²) in [6.45, 7) is 10.5. The van der Waals surface area contributed by atoms with Crippen LogP contribution < -0.4 is 9.64 Å². The number of aryl methyl sites for hydroxylation is 1. The minimum atomic E-state index is -0.432. The van der Waals surface area contributed by atoms with E-state index in [1.807, 2.05) is 13.8 Å². The summed E-state index contributed by atoms with van der Waals surface area (Å²) in [4.78, 5) is 29.4. The number of ketones is 1. The topological polar surface area (TPSA) is 72.8 Å². The number of hydrogen-bond donors (Lipinski definition) is 2. The van der Waals surface area contributed by atoms with Gasteiger partial charge in [0.2, 0.25) is 5.78 Å². The van der Waals surface area contributed by atoms with Crippen LogP contribution in [-0.2, 0) is 11.3 Å². The summed E-state index contributed by atoms with van der Waals surface area (Å²) in [5, 5.41) is 0. The van der Waals surface area contributed by atoms with Crippen LogP contribution in [0.2, 0.25) is 0 Å². The predicted molar refractivity (Wildman–Crippen MR) is 108 cm³/mol. The predicted octanol–water partition coefficient (Wildman–Crippen LogP) is 2.63. The average molecular weight is 405 g/mol. The molecule has 0 amide bonds. The quantitative estimate of drug-likeness (QED) is 0.497. The molecule has 2 N–H and O–H groups in total. The van der Waals surface area contributed by atoms with Gasteiger partial charge in [-0.2, -0.15) is 0 Å². The van der Waals surface area contributed by atoms with Crippen molar-refractivity contribution in [3.63, 3.8) is 0 Å². The van der Waals surface area contributed by atoms with E-state index in [0.29, 0.717) is 35.6 Å². The average Bonchev–Trinajstić information content (AvgIpc) is 2.99. The highest BCUT2D eigenvalue weighted by atomic mass is 19.1. The molecule has 0 spiro atoms. The molecular weight excluding hydrogens is 375 g/mol. The van der Waals surface area contributed by atoms with E-state index in [-0.39, 0.29) is 24.2 Å². The molecule has 0 aliphatic carbocycles. The number of carbonyl (C=O) groups is 2. The summed E-state index contributed by atoms with van der Waals surface area (Å²) >= 11 is 0. The Morgan fingerprint density at radius 2 is 1.93 bits per heavy atom. The molecule has 6 nitrogen and oxygen atoms in total. The van der Waals surface area contributed by atoms with Gasteiger partial charge in [0.25, 0.3) is 0 Å². The summed E-state index contributed by atoms with van der Waals surface area (Å²) in [7, 11) is 1.42. The molecule has 2 atom stereocenters. The van der Waals surface area contributed by atoms with Crippen molar-refractivity contribution in [2.75, 3.05) is 20.3 Å². The lowest BCUT2D eigenvalue weighted by Gasteiger charge is -2.24. The van der Waals surface area contributed by atoms with Gasteiger partial charge in [-0.15, -0.1) is 0 Å². The van der Waals surface area contributed by atoms with Gasteiger partial charge in [0, 0.05) is 11.3 Å². The van der Waals surface area contributed by atoms with Crippen LogP contribution in [-0.4, -0.2) is 43.0 Å². The van der Waals surface area contributed by atoms with Gasteiger partial charge < -0.3 is 19.4 Å². The molecule has 7 heteroatoms. The highest BCUT2D eigenvalue weighted by Gasteiger charge is 2.30. The third kappa shape index (κ3) is 4.85. The van der Waals surface area contributed by atoms with Crippen molar-refractivity contribution >= 4 is 11.8 Å². The lowest BCUT2D eigenvalue weighted by molar-refractivity contribution is -0.925. The van der Waals surface area contributed by atoms with E-state index in [9.17, 15) is 14.0 Å². The van der Waals surface area contributed by atoms with E-state index >= 15 is 0 Å². The minimum absolute atomic E-state index is 0.0908. The van der Waals surface area contributed by atoms with Crippen molar-refractivity contribution in [3.8, 4) is 5.75 Å². The zero-order chi connectivity index (χ0) is 21.7. The molecule has 2 rings (SSSR count). The number of carbonyl (C=O) groups excluding carboxylic acids is 2. The number of halogens is 1. The minimum Gasteiger partial charge on any atom is -0.494 e. The Kier molecular flexibility index (Phi) is 7.56. The second-order valence-corrected chi connectivity index (χ2v) is 7.09. The number of Topliss-reactive ketones (excluding diaryl/α,β-unsaturated/α-hetero) is 1. The van der Waals surface area contributed by atoms with Crippen LogP contribution in [0.4, 0.5) is 4.39 Å². The van der Waals surface area contributed by atoms with Gasteiger partial charge in [0.05, 0.1) is 31.5 Å². The maximum Gasteiger partial charge on any atom is 0.340 e. The summed E-state index contributed by atoms with van der Waals surface area (Å²) < 4.78 is 24.1. The molecule has 1 unspecified atom stereocenters. The molecule has 0 radical (unpaired) electrons. The fourth-order valence-electron chi connectivity index (χ4n) is 3.57. The Morgan fingerprint density at radius 3 is 2.48 bits per heavy atom. The first-order valence-electron chi connectivity index (χ1n) is 9.82. The molecule has 2 aromatic rings. The van der Waals surface area contributed by atoms with Gasteiger partial charge in [-0.1, -0.05) is 0 Å². The Bertz CT molecular complexity index is 891. The van der Waals surface area contributed by atoms with E-state index in [1.54, 1.807) is 32.9 Å². The molecule has 0 bridgehead atoms. The summed E-state index contributed by atoms with van der Waals surface area (Å²) in [6, 6.07) is 4.46. The number of aromatic nitrogens is 1. The lowest BCUT2D eigenvalue weighted by atomic mass is 10.0. The monoisotopic (exact) mass is 405 g/mol. The summed E-state index contributed by atoms with van der Waals surface area (Å²) in [5.41, 5.74) is 2.84. The molecule has 0 saturated carbocycles. The van der Waals surface area contributed by atoms with Crippen molar-refractivity contribution in [2.24, 2.45) is 0 Å². The number of H-pyrrole nitrogens is 1. The number of likely N-dealkylation sites (N-methyl/N-ethyl adjacent to an activating group) is 1. The van der Waals surface area contributed by atoms with E-state index in [4.69, 9.17) is 9.47 Å². The van der Waals surface area contributed by atoms with Crippen molar-refractivity contribution in [1.82, 2.24) is 4.98 Å². The molecule has 29 heavy (non-hydrogen) atoms. The zero-order valence-corrected chi connectivity index (χ0v) is 17.9. The molecule has 1 aromatic heterocycles.